The first-order valence-electron chi connectivity index (χ1n) is 2.03. The fourth-order valence-electron chi connectivity index (χ4n) is 0.192. The van der Waals surface area contributed by atoms with Crippen molar-refractivity contribution in [1.82, 2.24) is 0 Å². The standard InChI is InChI=1S/C4H9FN2/c5-2-1-4(7)3-6/h3H,1-2,6-7H2. The molecule has 0 aromatic carbocycles. The highest BCUT2D eigenvalue weighted by Crippen LogP contribution is 1.87. The van der Waals surface area contributed by atoms with E-state index in [0.717, 1.165) is 0 Å². The third-order valence-electron chi connectivity index (χ3n) is 0.597. The molecule has 0 aliphatic rings. The van der Waals surface area contributed by atoms with Crippen LogP contribution in [0.4, 0.5) is 4.39 Å². The van der Waals surface area contributed by atoms with Crippen LogP contribution in [0.1, 0.15) is 6.42 Å². The van der Waals surface area contributed by atoms with Gasteiger partial charge in [-0.3, -0.25) is 4.39 Å². The van der Waals surface area contributed by atoms with E-state index in [0.29, 0.717) is 5.70 Å². The van der Waals surface area contributed by atoms with E-state index in [1.807, 2.05) is 0 Å². The molecule has 0 saturated heterocycles. The highest BCUT2D eigenvalue weighted by Gasteiger charge is 1.83. The minimum absolute atomic E-state index is 0.247. The summed E-state index contributed by atoms with van der Waals surface area (Å²) in [4.78, 5) is 0. The van der Waals surface area contributed by atoms with Gasteiger partial charge in [-0.15, -0.1) is 0 Å². The lowest BCUT2D eigenvalue weighted by Crippen LogP contribution is -2.00. The molecule has 0 aliphatic heterocycles. The van der Waals surface area contributed by atoms with Gasteiger partial charge in [0.25, 0.3) is 0 Å². The lowest BCUT2D eigenvalue weighted by atomic mass is 10.4. The van der Waals surface area contributed by atoms with Crippen molar-refractivity contribution in [2.75, 3.05) is 6.67 Å². The zero-order valence-corrected chi connectivity index (χ0v) is 4.02. The van der Waals surface area contributed by atoms with Gasteiger partial charge in [0.05, 0.1) is 6.67 Å². The molecule has 0 unspecified atom stereocenters. The quantitative estimate of drug-likeness (QED) is 0.522. The van der Waals surface area contributed by atoms with Gasteiger partial charge in [0.2, 0.25) is 0 Å². The van der Waals surface area contributed by atoms with Crippen LogP contribution >= 0.6 is 0 Å². The molecule has 0 amide bonds. The van der Waals surface area contributed by atoms with Crippen molar-refractivity contribution in [3.63, 3.8) is 0 Å². The maximum Gasteiger partial charge on any atom is 0.0949 e. The predicted octanol–water partition coefficient (Wildman–Crippen LogP) is 0.105. The molecule has 0 saturated carbocycles. The Morgan fingerprint density at radius 2 is 2.29 bits per heavy atom. The first-order chi connectivity index (χ1) is 3.31. The third kappa shape index (κ3) is 3.09. The van der Waals surface area contributed by atoms with Crippen LogP contribution in [0.2, 0.25) is 0 Å². The van der Waals surface area contributed by atoms with Gasteiger partial charge in [0, 0.05) is 18.3 Å². The van der Waals surface area contributed by atoms with Crippen LogP contribution in [0.5, 0.6) is 0 Å². The lowest BCUT2D eigenvalue weighted by molar-refractivity contribution is 0.492. The van der Waals surface area contributed by atoms with Crippen LogP contribution in [0, 0.1) is 0 Å². The number of hydrogen-bond acceptors (Lipinski definition) is 2. The molecule has 3 heteroatoms. The van der Waals surface area contributed by atoms with Gasteiger partial charge in [0.15, 0.2) is 0 Å². The van der Waals surface area contributed by atoms with Crippen LogP contribution in [0.15, 0.2) is 11.9 Å². The summed E-state index contributed by atoms with van der Waals surface area (Å²) in [5, 5.41) is 0. The van der Waals surface area contributed by atoms with E-state index >= 15 is 0 Å². The van der Waals surface area contributed by atoms with E-state index in [1.165, 1.54) is 6.20 Å². The van der Waals surface area contributed by atoms with Crippen molar-refractivity contribution < 1.29 is 4.39 Å². The van der Waals surface area contributed by atoms with Gasteiger partial charge < -0.3 is 11.5 Å². The number of halogens is 1. The molecule has 4 N–H and O–H groups in total. The van der Waals surface area contributed by atoms with Crippen LogP contribution in [0.3, 0.4) is 0 Å². The minimum atomic E-state index is -0.431. The molecule has 2 nitrogen and oxygen atoms in total. The molecule has 0 aliphatic carbocycles. The summed E-state index contributed by atoms with van der Waals surface area (Å²) in [6.45, 7) is -0.431. The van der Waals surface area contributed by atoms with Gasteiger partial charge in [-0.05, 0) is 0 Å². The molecule has 42 valence electrons. The molecule has 0 aromatic heterocycles. The monoisotopic (exact) mass is 104 g/mol. The molecular weight excluding hydrogens is 95.1 g/mol. The van der Waals surface area contributed by atoms with Crippen LogP contribution in [-0.2, 0) is 0 Å². The molecule has 0 atom stereocenters. The summed E-state index contributed by atoms with van der Waals surface area (Å²) in [5.41, 5.74) is 10.4. The van der Waals surface area contributed by atoms with E-state index in [9.17, 15) is 4.39 Å². The van der Waals surface area contributed by atoms with E-state index in [2.05, 4.69) is 0 Å². The Labute approximate surface area is 42.0 Å². The number of nitrogens with two attached hydrogens (primary N) is 2. The fourth-order valence-corrected chi connectivity index (χ4v) is 0.192. The number of rotatable bonds is 2. The van der Waals surface area contributed by atoms with Gasteiger partial charge >= 0.3 is 0 Å². The molecule has 0 aromatic rings. The topological polar surface area (TPSA) is 52.0 Å². The first kappa shape index (κ1) is 6.27. The van der Waals surface area contributed by atoms with Crippen LogP contribution in [-0.4, -0.2) is 6.67 Å². The summed E-state index contributed by atoms with van der Waals surface area (Å²) in [5.74, 6) is 0. The highest BCUT2D eigenvalue weighted by atomic mass is 19.1. The SMILES string of the molecule is NC=C(N)CCF. The van der Waals surface area contributed by atoms with Crippen molar-refractivity contribution in [3.05, 3.63) is 11.9 Å². The second-order valence-electron chi connectivity index (χ2n) is 1.18. The third-order valence-corrected chi connectivity index (χ3v) is 0.597. The first-order valence-corrected chi connectivity index (χ1v) is 2.03. The number of allylic oxidation sites excluding steroid dienone is 1. The van der Waals surface area contributed by atoms with Gasteiger partial charge in [-0.2, -0.15) is 0 Å². The number of alkyl halides is 1. The Balaban J connectivity index is 3.17. The molecule has 0 radical (unpaired) electrons. The van der Waals surface area contributed by atoms with Crippen LogP contribution < -0.4 is 11.5 Å². The van der Waals surface area contributed by atoms with Crippen molar-refractivity contribution in [3.8, 4) is 0 Å². The molecule has 0 bridgehead atoms. The van der Waals surface area contributed by atoms with Gasteiger partial charge in [-0.1, -0.05) is 0 Å². The smallest absolute Gasteiger partial charge is 0.0949 e. The van der Waals surface area contributed by atoms with E-state index in [4.69, 9.17) is 11.5 Å². The zero-order valence-electron chi connectivity index (χ0n) is 4.02. The largest absolute Gasteiger partial charge is 0.403 e. The normalized spacial score (nSPS) is 11.9. The van der Waals surface area contributed by atoms with Gasteiger partial charge in [0.1, 0.15) is 0 Å². The summed E-state index contributed by atoms with van der Waals surface area (Å²) < 4.78 is 11.3. The minimum Gasteiger partial charge on any atom is -0.403 e. The second kappa shape index (κ2) is 3.46. The average molecular weight is 104 g/mol. The summed E-state index contributed by atoms with van der Waals surface area (Å²) in [7, 11) is 0. The van der Waals surface area contributed by atoms with Crippen LogP contribution in [0.25, 0.3) is 0 Å². The maximum absolute atomic E-state index is 11.3. The lowest BCUT2D eigenvalue weighted by Gasteiger charge is -1.89. The van der Waals surface area contributed by atoms with Crippen molar-refractivity contribution >= 4 is 0 Å². The highest BCUT2D eigenvalue weighted by molar-refractivity contribution is 4.91. The van der Waals surface area contributed by atoms with E-state index in [1.54, 1.807) is 0 Å². The van der Waals surface area contributed by atoms with E-state index in [-0.39, 0.29) is 6.42 Å². The average Bonchev–Trinajstić information content (AvgIpc) is 1.68. The predicted molar refractivity (Wildman–Crippen MR) is 27.0 cm³/mol. The Hall–Kier alpha value is -0.730. The van der Waals surface area contributed by atoms with E-state index < -0.39 is 6.67 Å². The Morgan fingerprint density at radius 3 is 2.43 bits per heavy atom. The number of hydrogen-bond donors (Lipinski definition) is 2. The molecule has 0 heterocycles. The fraction of sp³-hybridized carbons (Fsp3) is 0.500. The van der Waals surface area contributed by atoms with Gasteiger partial charge in [-0.25, -0.2) is 0 Å². The molecule has 0 fully saturated rings. The molecule has 0 rings (SSSR count). The maximum atomic E-state index is 11.3. The second-order valence-corrected chi connectivity index (χ2v) is 1.18. The van der Waals surface area contributed by atoms with Crippen molar-refractivity contribution in [1.29, 1.82) is 0 Å². The molecule has 7 heavy (non-hydrogen) atoms. The summed E-state index contributed by atoms with van der Waals surface area (Å²) in [6, 6.07) is 0. The Kier molecular flexibility index (Phi) is 3.10. The Morgan fingerprint density at radius 1 is 1.71 bits per heavy atom. The molecule has 0 spiro atoms. The van der Waals surface area contributed by atoms with Crippen molar-refractivity contribution in [2.24, 2.45) is 11.5 Å². The summed E-state index contributed by atoms with van der Waals surface area (Å²) in [6.07, 6.45) is 1.45. The zero-order chi connectivity index (χ0) is 5.70. The van der Waals surface area contributed by atoms with Crippen molar-refractivity contribution in [2.45, 2.75) is 6.42 Å². The Bertz CT molecular complexity index is 70.1. The molecular formula is C4H9FN2. The summed E-state index contributed by atoms with van der Waals surface area (Å²) >= 11 is 0.